The summed E-state index contributed by atoms with van der Waals surface area (Å²) in [6.07, 6.45) is 9.84. The smallest absolute Gasteiger partial charge is 0.255 e. The Morgan fingerprint density at radius 2 is 1.81 bits per heavy atom. The van der Waals surface area contributed by atoms with Crippen LogP contribution in [0.2, 0.25) is 0 Å². The number of sulfonamides is 1. The number of ether oxygens (including phenoxy) is 1. The molecule has 3 atom stereocenters. The fourth-order valence-corrected chi connectivity index (χ4v) is 6.76. The molecule has 3 fully saturated rings. The van der Waals surface area contributed by atoms with Gasteiger partial charge in [0.2, 0.25) is 6.41 Å². The van der Waals surface area contributed by atoms with Crippen molar-refractivity contribution in [3.8, 4) is 0 Å². The summed E-state index contributed by atoms with van der Waals surface area (Å²) < 4.78 is 29.5. The molecule has 3 aliphatic rings. The first-order chi connectivity index (χ1) is 17.2. The lowest BCUT2D eigenvalue weighted by Gasteiger charge is -2.37. The van der Waals surface area contributed by atoms with E-state index in [2.05, 4.69) is 29.0 Å². The highest BCUT2D eigenvalue weighted by Crippen LogP contribution is 2.51. The first-order valence-electron chi connectivity index (χ1n) is 14.1. The Hall–Kier alpha value is -1.26. The van der Waals surface area contributed by atoms with Gasteiger partial charge in [-0.2, -0.15) is 0 Å². The van der Waals surface area contributed by atoms with Crippen LogP contribution in [0.1, 0.15) is 92.4 Å². The predicted octanol–water partition coefficient (Wildman–Crippen LogP) is 4.70. The number of primary sulfonamides is 1. The lowest BCUT2D eigenvalue weighted by atomic mass is 9.87. The molecular formula is C28H48N4O4S. The number of anilines is 1. The van der Waals surface area contributed by atoms with Crippen molar-refractivity contribution in [3.63, 3.8) is 0 Å². The SMILES string of the molecule is CC(C)(C)OC(O)N1C[C@@H](CCC(CCC(C2CC2)C2CC2)Nc2cccc(S(N)(=O)=O)n2)CC1(C)C. The minimum absolute atomic E-state index is 0.105. The average molecular weight is 537 g/mol. The van der Waals surface area contributed by atoms with Crippen LogP contribution in [0.25, 0.3) is 0 Å². The molecule has 2 saturated carbocycles. The van der Waals surface area contributed by atoms with E-state index in [0.717, 1.165) is 50.0 Å². The van der Waals surface area contributed by atoms with Gasteiger partial charge < -0.3 is 15.2 Å². The van der Waals surface area contributed by atoms with E-state index in [1.54, 1.807) is 6.07 Å². The van der Waals surface area contributed by atoms with Gasteiger partial charge >= 0.3 is 0 Å². The maximum Gasteiger partial charge on any atom is 0.255 e. The molecule has 0 spiro atoms. The minimum Gasteiger partial charge on any atom is -0.367 e. The van der Waals surface area contributed by atoms with E-state index in [1.165, 1.54) is 38.2 Å². The van der Waals surface area contributed by atoms with E-state index in [9.17, 15) is 13.5 Å². The Labute approximate surface area is 223 Å². The summed E-state index contributed by atoms with van der Waals surface area (Å²) in [7, 11) is -3.85. The largest absolute Gasteiger partial charge is 0.367 e. The number of aliphatic hydroxyl groups excluding tert-OH is 1. The molecule has 4 rings (SSSR count). The summed E-state index contributed by atoms with van der Waals surface area (Å²) in [5.74, 6) is 3.66. The van der Waals surface area contributed by atoms with Crippen LogP contribution in [0.15, 0.2) is 23.2 Å². The van der Waals surface area contributed by atoms with Gasteiger partial charge in [-0.15, -0.1) is 0 Å². The number of nitrogens with one attached hydrogen (secondary N) is 1. The molecule has 2 unspecified atom stereocenters. The fourth-order valence-electron chi connectivity index (χ4n) is 6.26. The summed E-state index contributed by atoms with van der Waals surface area (Å²) in [5, 5.41) is 19.6. The fraction of sp³-hybridized carbons (Fsp3) is 0.821. The molecule has 2 aliphatic carbocycles. The number of pyridine rings is 1. The molecule has 0 aromatic carbocycles. The van der Waals surface area contributed by atoms with Gasteiger partial charge in [-0.3, -0.25) is 0 Å². The van der Waals surface area contributed by atoms with Crippen LogP contribution in [0.4, 0.5) is 5.82 Å². The zero-order valence-corrected chi connectivity index (χ0v) is 24.1. The number of nitrogens with two attached hydrogens (primary N) is 1. The van der Waals surface area contributed by atoms with Gasteiger partial charge in [0.15, 0.2) is 5.03 Å². The molecule has 1 aromatic rings. The van der Waals surface area contributed by atoms with Gasteiger partial charge in [0.1, 0.15) is 5.82 Å². The Kier molecular flexibility index (Phi) is 8.61. The summed E-state index contributed by atoms with van der Waals surface area (Å²) in [4.78, 5) is 6.38. The van der Waals surface area contributed by atoms with Gasteiger partial charge in [0, 0.05) is 18.1 Å². The van der Waals surface area contributed by atoms with Gasteiger partial charge in [-0.25, -0.2) is 23.4 Å². The van der Waals surface area contributed by atoms with Crippen molar-refractivity contribution in [3.05, 3.63) is 18.2 Å². The quantitative estimate of drug-likeness (QED) is 0.313. The van der Waals surface area contributed by atoms with Crippen molar-refractivity contribution < 1.29 is 18.3 Å². The molecule has 4 N–H and O–H groups in total. The third kappa shape index (κ3) is 8.36. The molecule has 9 heteroatoms. The van der Waals surface area contributed by atoms with E-state index in [0.29, 0.717) is 11.7 Å². The highest BCUT2D eigenvalue weighted by molar-refractivity contribution is 7.89. The van der Waals surface area contributed by atoms with Crippen molar-refractivity contribution in [2.24, 2.45) is 28.8 Å². The van der Waals surface area contributed by atoms with Crippen molar-refractivity contribution in [2.45, 2.75) is 121 Å². The molecule has 0 bridgehead atoms. The molecule has 37 heavy (non-hydrogen) atoms. The summed E-state index contributed by atoms with van der Waals surface area (Å²) in [6.45, 7) is 11.0. The number of aromatic nitrogens is 1. The molecule has 1 aliphatic heterocycles. The lowest BCUT2D eigenvalue weighted by Crippen LogP contribution is -2.49. The predicted molar refractivity (Wildman–Crippen MR) is 146 cm³/mol. The summed E-state index contributed by atoms with van der Waals surface area (Å²) in [5.41, 5.74) is -0.562. The molecule has 0 amide bonds. The van der Waals surface area contributed by atoms with Crippen molar-refractivity contribution in [1.29, 1.82) is 0 Å². The van der Waals surface area contributed by atoms with Gasteiger partial charge in [-0.05, 0) is 128 Å². The van der Waals surface area contributed by atoms with Crippen LogP contribution in [0.3, 0.4) is 0 Å². The number of aliphatic hydroxyl groups is 1. The zero-order valence-electron chi connectivity index (χ0n) is 23.3. The van der Waals surface area contributed by atoms with Crippen LogP contribution < -0.4 is 10.5 Å². The number of rotatable bonds is 13. The van der Waals surface area contributed by atoms with Crippen molar-refractivity contribution >= 4 is 15.8 Å². The Morgan fingerprint density at radius 3 is 2.38 bits per heavy atom. The van der Waals surface area contributed by atoms with Gasteiger partial charge in [0.25, 0.3) is 10.0 Å². The minimum atomic E-state index is -3.85. The van der Waals surface area contributed by atoms with Gasteiger partial charge in [0.05, 0.1) is 5.60 Å². The van der Waals surface area contributed by atoms with Crippen LogP contribution in [0.5, 0.6) is 0 Å². The topological polar surface area (TPSA) is 118 Å². The number of hydrogen-bond acceptors (Lipinski definition) is 7. The Morgan fingerprint density at radius 1 is 1.16 bits per heavy atom. The molecule has 8 nitrogen and oxygen atoms in total. The second kappa shape index (κ2) is 11.1. The monoisotopic (exact) mass is 536 g/mol. The van der Waals surface area contributed by atoms with Crippen molar-refractivity contribution in [1.82, 2.24) is 9.88 Å². The molecule has 2 heterocycles. The zero-order chi connectivity index (χ0) is 27.0. The first-order valence-corrected chi connectivity index (χ1v) is 15.6. The van der Waals surface area contributed by atoms with Crippen LogP contribution in [0, 0.1) is 23.7 Å². The molecule has 1 aromatic heterocycles. The average Bonchev–Trinajstić information content (AvgIpc) is 3.69. The van der Waals surface area contributed by atoms with E-state index in [-0.39, 0.29) is 16.6 Å². The summed E-state index contributed by atoms with van der Waals surface area (Å²) >= 11 is 0. The van der Waals surface area contributed by atoms with Crippen LogP contribution >= 0.6 is 0 Å². The van der Waals surface area contributed by atoms with Crippen LogP contribution in [-0.4, -0.2) is 53.5 Å². The molecular weight excluding hydrogens is 488 g/mol. The maximum atomic E-state index is 11.8. The highest BCUT2D eigenvalue weighted by atomic mass is 32.2. The molecule has 0 radical (unpaired) electrons. The second-order valence-electron chi connectivity index (χ2n) is 13.3. The lowest BCUT2D eigenvalue weighted by molar-refractivity contribution is -0.251. The molecule has 1 saturated heterocycles. The van der Waals surface area contributed by atoms with E-state index >= 15 is 0 Å². The highest BCUT2D eigenvalue weighted by Gasteiger charge is 2.43. The number of likely N-dealkylation sites (tertiary alicyclic amines) is 1. The third-order valence-corrected chi connectivity index (χ3v) is 9.15. The van der Waals surface area contributed by atoms with Crippen molar-refractivity contribution in [2.75, 3.05) is 11.9 Å². The van der Waals surface area contributed by atoms with E-state index in [1.807, 2.05) is 26.8 Å². The second-order valence-corrected chi connectivity index (χ2v) is 14.8. The van der Waals surface area contributed by atoms with E-state index < -0.39 is 22.0 Å². The van der Waals surface area contributed by atoms with E-state index in [4.69, 9.17) is 9.88 Å². The summed E-state index contributed by atoms with van der Waals surface area (Å²) in [6, 6.07) is 5.15. The number of hydrogen-bond donors (Lipinski definition) is 3. The number of nitrogens with zero attached hydrogens (tertiary/aromatic N) is 2. The maximum absolute atomic E-state index is 11.8. The third-order valence-electron chi connectivity index (χ3n) is 8.34. The standard InChI is InChI=1S/C28H48N4O4S/c1-27(2,3)36-26(33)32-18-19(17-28(32,4)5)9-14-22(15-16-23(20-10-11-20)21-12-13-21)30-24-7-6-8-25(31-24)37(29,34)35/h6-8,19-23,26,33H,9-18H2,1-5H3,(H,30,31)(H2,29,34,35)/t19-,22?,26?/m0/s1. The normalized spacial score (nSPS) is 24.4. The first kappa shape index (κ1) is 28.7. The Balaban J connectivity index is 1.40. The molecule has 210 valence electrons. The van der Waals surface area contributed by atoms with Gasteiger partial charge in [-0.1, -0.05) is 6.07 Å². The van der Waals surface area contributed by atoms with Crippen LogP contribution in [-0.2, 0) is 14.8 Å². The Bertz CT molecular complexity index is 1010.